The van der Waals surface area contributed by atoms with Gasteiger partial charge in [0, 0.05) is 31.5 Å². The summed E-state index contributed by atoms with van der Waals surface area (Å²) in [4.78, 5) is 24.8. The van der Waals surface area contributed by atoms with E-state index in [1.54, 1.807) is 18.1 Å². The third kappa shape index (κ3) is 3.21. The highest BCUT2D eigenvalue weighted by Gasteiger charge is 2.24. The highest BCUT2D eigenvalue weighted by atomic mass is 35.5. The van der Waals surface area contributed by atoms with Gasteiger partial charge in [0.05, 0.1) is 12.6 Å². The Morgan fingerprint density at radius 3 is 3.00 bits per heavy atom. The van der Waals surface area contributed by atoms with Gasteiger partial charge in [0.2, 0.25) is 11.9 Å². The summed E-state index contributed by atoms with van der Waals surface area (Å²) in [5.74, 6) is 2.05. The molecule has 1 saturated heterocycles. The molecule has 7 heteroatoms. The average Bonchev–Trinajstić information content (AvgIpc) is 2.90. The Balaban J connectivity index is 1.58. The summed E-state index contributed by atoms with van der Waals surface area (Å²) in [6.07, 6.45) is 4.48. The monoisotopic (exact) mass is 371 g/mol. The normalized spacial score (nSPS) is 19.7. The maximum Gasteiger partial charge on any atom is 0.231 e. The fourth-order valence-corrected chi connectivity index (χ4v) is 3.79. The van der Waals surface area contributed by atoms with Gasteiger partial charge in [-0.25, -0.2) is 4.98 Å². The van der Waals surface area contributed by atoms with Gasteiger partial charge in [-0.2, -0.15) is 4.98 Å². The fraction of sp³-hybridized carbons (Fsp3) is 0.421. The van der Waals surface area contributed by atoms with E-state index >= 15 is 0 Å². The molecule has 1 fully saturated rings. The number of halogens is 1. The van der Waals surface area contributed by atoms with Crippen LogP contribution in [0, 0.1) is 5.92 Å². The number of aromatic nitrogens is 2. The number of hydrogen-bond donors (Lipinski definition) is 1. The van der Waals surface area contributed by atoms with Crippen molar-refractivity contribution in [1.29, 1.82) is 0 Å². The molecule has 0 bridgehead atoms. The van der Waals surface area contributed by atoms with Gasteiger partial charge in [0.1, 0.15) is 5.02 Å². The van der Waals surface area contributed by atoms with Crippen LogP contribution >= 0.6 is 11.6 Å². The number of likely N-dealkylation sites (N-methyl/N-ethyl adjacent to an activating group) is 1. The largest absolute Gasteiger partial charge is 0.341 e. The van der Waals surface area contributed by atoms with Crippen molar-refractivity contribution in [1.82, 2.24) is 9.97 Å². The van der Waals surface area contributed by atoms with E-state index in [1.165, 1.54) is 6.42 Å². The number of amides is 1. The molecule has 26 heavy (non-hydrogen) atoms. The number of anilines is 4. The summed E-state index contributed by atoms with van der Waals surface area (Å²) >= 11 is 6.31. The molecule has 0 spiro atoms. The molecule has 2 aliphatic heterocycles. The molecule has 0 aliphatic carbocycles. The van der Waals surface area contributed by atoms with Crippen LogP contribution in [0.2, 0.25) is 5.02 Å². The van der Waals surface area contributed by atoms with Crippen LogP contribution in [-0.2, 0) is 11.2 Å². The summed E-state index contributed by atoms with van der Waals surface area (Å²) in [6.45, 7) is 4.19. The van der Waals surface area contributed by atoms with Crippen molar-refractivity contribution in [2.24, 2.45) is 5.92 Å². The molecule has 2 aromatic rings. The molecule has 2 aliphatic rings. The second kappa shape index (κ2) is 6.76. The molecule has 3 heterocycles. The van der Waals surface area contributed by atoms with Crippen LogP contribution in [0.3, 0.4) is 0 Å². The Labute approximate surface area is 158 Å². The Hall–Kier alpha value is -2.34. The van der Waals surface area contributed by atoms with Crippen molar-refractivity contribution < 1.29 is 4.79 Å². The molecule has 136 valence electrons. The lowest BCUT2D eigenvalue weighted by Gasteiger charge is -2.31. The lowest BCUT2D eigenvalue weighted by molar-refractivity contribution is -0.117. The van der Waals surface area contributed by atoms with E-state index in [-0.39, 0.29) is 5.91 Å². The van der Waals surface area contributed by atoms with Crippen LogP contribution < -0.4 is 15.1 Å². The summed E-state index contributed by atoms with van der Waals surface area (Å²) in [7, 11) is 1.80. The molecule has 1 amide bonds. The van der Waals surface area contributed by atoms with Crippen LogP contribution in [0.5, 0.6) is 0 Å². The zero-order valence-electron chi connectivity index (χ0n) is 15.0. The van der Waals surface area contributed by atoms with Gasteiger partial charge in [0.15, 0.2) is 5.82 Å². The predicted molar refractivity (Wildman–Crippen MR) is 104 cm³/mol. The van der Waals surface area contributed by atoms with Crippen molar-refractivity contribution in [3.63, 3.8) is 0 Å². The van der Waals surface area contributed by atoms with Crippen LogP contribution in [0.25, 0.3) is 0 Å². The standard InChI is InChI=1S/C19H22ClN5O/c1-12-4-3-7-25(11-12)19-21-10-15(20)18(23-19)22-14-5-6-16-13(8-14)9-17(26)24(16)2/h5-6,8,10,12H,3-4,7,9,11H2,1-2H3,(H,21,22,23)/t12-/m0/s1. The molecule has 1 N–H and O–H groups in total. The predicted octanol–water partition coefficient (Wildman–Crippen LogP) is 3.63. The number of hydrogen-bond acceptors (Lipinski definition) is 5. The van der Waals surface area contributed by atoms with E-state index in [4.69, 9.17) is 11.6 Å². The second-order valence-corrected chi connectivity index (χ2v) is 7.57. The minimum Gasteiger partial charge on any atom is -0.341 e. The number of piperidine rings is 1. The molecule has 1 aromatic heterocycles. The first-order valence-electron chi connectivity index (χ1n) is 8.95. The first-order chi connectivity index (χ1) is 12.5. The van der Waals surface area contributed by atoms with Crippen LogP contribution in [0.15, 0.2) is 24.4 Å². The smallest absolute Gasteiger partial charge is 0.231 e. The third-order valence-corrected chi connectivity index (χ3v) is 5.37. The summed E-state index contributed by atoms with van der Waals surface area (Å²) in [5, 5.41) is 3.76. The van der Waals surface area contributed by atoms with E-state index in [2.05, 4.69) is 27.1 Å². The lowest BCUT2D eigenvalue weighted by atomic mass is 10.0. The van der Waals surface area contributed by atoms with Gasteiger partial charge in [-0.15, -0.1) is 0 Å². The van der Waals surface area contributed by atoms with Crippen LogP contribution in [0.4, 0.5) is 23.1 Å². The zero-order chi connectivity index (χ0) is 18.3. The average molecular weight is 372 g/mol. The van der Waals surface area contributed by atoms with Gasteiger partial charge in [-0.3, -0.25) is 4.79 Å². The first-order valence-corrected chi connectivity index (χ1v) is 9.33. The SMILES string of the molecule is C[C@H]1CCCN(c2ncc(Cl)c(Nc3ccc4c(c3)CC(=O)N4C)n2)C1. The zero-order valence-corrected chi connectivity index (χ0v) is 15.8. The van der Waals surface area contributed by atoms with Crippen molar-refractivity contribution in [3.8, 4) is 0 Å². The van der Waals surface area contributed by atoms with E-state index in [0.29, 0.717) is 29.1 Å². The Kier molecular flexibility index (Phi) is 4.44. The lowest BCUT2D eigenvalue weighted by Crippen LogP contribution is -2.35. The third-order valence-electron chi connectivity index (χ3n) is 5.09. The molecule has 6 nitrogen and oxygen atoms in total. The molecule has 1 atom stereocenters. The van der Waals surface area contributed by atoms with Crippen molar-refractivity contribution in [2.45, 2.75) is 26.2 Å². The maximum absolute atomic E-state index is 11.9. The fourth-order valence-electron chi connectivity index (χ4n) is 3.65. The molecular weight excluding hydrogens is 350 g/mol. The number of nitrogens with zero attached hydrogens (tertiary/aromatic N) is 4. The number of benzene rings is 1. The Morgan fingerprint density at radius 2 is 2.19 bits per heavy atom. The Bertz CT molecular complexity index is 856. The number of carbonyl (C=O) groups excluding carboxylic acids is 1. The first kappa shape index (κ1) is 17.1. The second-order valence-electron chi connectivity index (χ2n) is 7.16. The molecule has 0 radical (unpaired) electrons. The number of nitrogens with one attached hydrogen (secondary N) is 1. The minimum absolute atomic E-state index is 0.110. The van der Waals surface area contributed by atoms with E-state index in [9.17, 15) is 4.79 Å². The van der Waals surface area contributed by atoms with Gasteiger partial charge >= 0.3 is 0 Å². The highest BCUT2D eigenvalue weighted by molar-refractivity contribution is 6.32. The molecule has 1 aromatic carbocycles. The van der Waals surface area contributed by atoms with Gasteiger partial charge in [-0.1, -0.05) is 18.5 Å². The highest BCUT2D eigenvalue weighted by Crippen LogP contribution is 2.32. The molecule has 4 rings (SSSR count). The summed E-state index contributed by atoms with van der Waals surface area (Å²) < 4.78 is 0. The van der Waals surface area contributed by atoms with Crippen molar-refractivity contribution >= 4 is 40.6 Å². The molecule has 0 unspecified atom stereocenters. The van der Waals surface area contributed by atoms with E-state index in [0.717, 1.165) is 36.4 Å². The number of carbonyl (C=O) groups is 1. The van der Waals surface area contributed by atoms with Crippen molar-refractivity contribution in [3.05, 3.63) is 35.0 Å². The molecule has 0 saturated carbocycles. The summed E-state index contributed by atoms with van der Waals surface area (Å²) in [5.41, 5.74) is 2.83. The minimum atomic E-state index is 0.110. The quantitative estimate of drug-likeness (QED) is 0.892. The molecular formula is C19H22ClN5O. The summed E-state index contributed by atoms with van der Waals surface area (Å²) in [6, 6.07) is 5.87. The Morgan fingerprint density at radius 1 is 1.35 bits per heavy atom. The maximum atomic E-state index is 11.9. The van der Waals surface area contributed by atoms with Crippen LogP contribution in [-0.4, -0.2) is 36.0 Å². The van der Waals surface area contributed by atoms with Gasteiger partial charge in [0.25, 0.3) is 0 Å². The van der Waals surface area contributed by atoms with E-state index in [1.807, 2.05) is 18.2 Å². The van der Waals surface area contributed by atoms with E-state index < -0.39 is 0 Å². The van der Waals surface area contributed by atoms with Gasteiger partial charge < -0.3 is 15.1 Å². The number of rotatable bonds is 3. The van der Waals surface area contributed by atoms with Gasteiger partial charge in [-0.05, 0) is 42.5 Å². The van der Waals surface area contributed by atoms with Crippen molar-refractivity contribution in [2.75, 3.05) is 35.3 Å². The number of fused-ring (bicyclic) bond motifs is 1. The van der Waals surface area contributed by atoms with Crippen LogP contribution in [0.1, 0.15) is 25.3 Å². The topological polar surface area (TPSA) is 61.4 Å².